The van der Waals surface area contributed by atoms with E-state index in [1.54, 1.807) is 31.3 Å². The Kier molecular flexibility index (Phi) is 5.25. The zero-order valence-electron chi connectivity index (χ0n) is 11.0. The average molecular weight is 391 g/mol. The van der Waals surface area contributed by atoms with Gasteiger partial charge in [-0.1, -0.05) is 29.3 Å². The van der Waals surface area contributed by atoms with Crippen molar-refractivity contribution < 1.29 is 9.18 Å². The van der Waals surface area contributed by atoms with Crippen LogP contribution in [0.1, 0.15) is 15.9 Å². The highest BCUT2D eigenvalue weighted by Crippen LogP contribution is 2.23. The van der Waals surface area contributed by atoms with Crippen molar-refractivity contribution in [2.75, 3.05) is 7.05 Å². The van der Waals surface area contributed by atoms with Crippen molar-refractivity contribution in [2.24, 2.45) is 0 Å². The van der Waals surface area contributed by atoms with Crippen LogP contribution in [0.3, 0.4) is 0 Å². The molecule has 0 heterocycles. The Bertz CT molecular complexity index is 693. The van der Waals surface area contributed by atoms with Crippen molar-refractivity contribution in [2.45, 2.75) is 6.54 Å². The number of hydrogen-bond donors (Lipinski definition) is 0. The Balaban J connectivity index is 2.17. The molecule has 0 saturated heterocycles. The topological polar surface area (TPSA) is 20.3 Å². The van der Waals surface area contributed by atoms with Gasteiger partial charge in [-0.05, 0) is 51.8 Å². The van der Waals surface area contributed by atoms with Gasteiger partial charge in [0.15, 0.2) is 0 Å². The van der Waals surface area contributed by atoms with E-state index in [4.69, 9.17) is 23.2 Å². The number of amides is 1. The minimum Gasteiger partial charge on any atom is -0.337 e. The van der Waals surface area contributed by atoms with E-state index in [1.807, 2.05) is 0 Å². The van der Waals surface area contributed by atoms with Crippen LogP contribution >= 0.6 is 39.1 Å². The molecule has 1 amide bonds. The first kappa shape index (κ1) is 16.3. The van der Waals surface area contributed by atoms with Gasteiger partial charge in [-0.2, -0.15) is 0 Å². The highest BCUT2D eigenvalue weighted by molar-refractivity contribution is 9.10. The number of nitrogens with zero attached hydrogens (tertiary/aromatic N) is 1. The van der Waals surface area contributed by atoms with Crippen molar-refractivity contribution in [1.82, 2.24) is 4.90 Å². The highest BCUT2D eigenvalue weighted by atomic mass is 79.9. The molecule has 0 aromatic heterocycles. The number of halogens is 4. The Hall–Kier alpha value is -1.10. The molecule has 6 heteroatoms. The Labute approximate surface area is 140 Å². The molecule has 2 aromatic carbocycles. The van der Waals surface area contributed by atoms with Gasteiger partial charge in [0, 0.05) is 29.2 Å². The van der Waals surface area contributed by atoms with Gasteiger partial charge in [0.1, 0.15) is 5.82 Å². The summed E-state index contributed by atoms with van der Waals surface area (Å²) in [5.74, 6) is -0.758. The predicted octanol–water partition coefficient (Wildman–Crippen LogP) is 5.17. The molecule has 0 aliphatic rings. The molecule has 2 nitrogen and oxygen atoms in total. The second kappa shape index (κ2) is 6.77. The van der Waals surface area contributed by atoms with Crippen LogP contribution in [0, 0.1) is 5.82 Å². The quantitative estimate of drug-likeness (QED) is 0.708. The van der Waals surface area contributed by atoms with E-state index in [0.29, 0.717) is 21.1 Å². The van der Waals surface area contributed by atoms with E-state index < -0.39 is 5.82 Å². The van der Waals surface area contributed by atoms with Gasteiger partial charge < -0.3 is 4.90 Å². The monoisotopic (exact) mass is 389 g/mol. The molecule has 0 N–H and O–H groups in total. The maximum Gasteiger partial charge on any atom is 0.254 e. The summed E-state index contributed by atoms with van der Waals surface area (Å²) in [6.45, 7) is 0.312. The molecule has 0 spiro atoms. The molecule has 0 unspecified atom stereocenters. The molecule has 0 fully saturated rings. The van der Waals surface area contributed by atoms with Crippen LogP contribution in [0.5, 0.6) is 0 Å². The van der Waals surface area contributed by atoms with E-state index in [9.17, 15) is 9.18 Å². The van der Waals surface area contributed by atoms with E-state index in [1.165, 1.54) is 17.0 Å². The molecule has 21 heavy (non-hydrogen) atoms. The first-order valence-corrected chi connectivity index (χ1v) is 7.58. The first-order chi connectivity index (χ1) is 9.88. The van der Waals surface area contributed by atoms with Crippen molar-refractivity contribution in [3.8, 4) is 0 Å². The lowest BCUT2D eigenvalue weighted by molar-refractivity contribution is 0.0784. The van der Waals surface area contributed by atoms with Crippen LogP contribution in [0.4, 0.5) is 4.39 Å². The summed E-state index contributed by atoms with van der Waals surface area (Å²) in [6, 6.07) is 9.36. The highest BCUT2D eigenvalue weighted by Gasteiger charge is 2.15. The van der Waals surface area contributed by atoms with Crippen LogP contribution in [-0.4, -0.2) is 17.9 Å². The molecular weight excluding hydrogens is 380 g/mol. The summed E-state index contributed by atoms with van der Waals surface area (Å²) < 4.78 is 13.8. The lowest BCUT2D eigenvalue weighted by Gasteiger charge is -2.18. The fraction of sp³-hybridized carbons (Fsp3) is 0.133. The van der Waals surface area contributed by atoms with Crippen LogP contribution < -0.4 is 0 Å². The molecule has 2 rings (SSSR count). The molecule has 0 saturated carbocycles. The third kappa shape index (κ3) is 3.96. The molecule has 0 aliphatic heterocycles. The zero-order chi connectivity index (χ0) is 15.6. The van der Waals surface area contributed by atoms with E-state index >= 15 is 0 Å². The maximum absolute atomic E-state index is 13.5. The van der Waals surface area contributed by atoms with E-state index in [-0.39, 0.29) is 11.5 Å². The Morgan fingerprint density at radius 1 is 1.24 bits per heavy atom. The molecule has 0 radical (unpaired) electrons. The largest absolute Gasteiger partial charge is 0.337 e. The Morgan fingerprint density at radius 3 is 2.57 bits per heavy atom. The van der Waals surface area contributed by atoms with Gasteiger partial charge in [0.05, 0.1) is 4.47 Å². The minimum absolute atomic E-state index is 0.281. The number of carbonyl (C=O) groups excluding carboxylic acids is 1. The summed E-state index contributed by atoms with van der Waals surface area (Å²) in [4.78, 5) is 13.7. The SMILES string of the molecule is CN(Cc1ccc(Cl)cc1Cl)C(=O)c1ccc(Br)c(F)c1. The smallest absolute Gasteiger partial charge is 0.254 e. The Morgan fingerprint density at radius 2 is 1.95 bits per heavy atom. The van der Waals surface area contributed by atoms with E-state index in [0.717, 1.165) is 5.56 Å². The number of rotatable bonds is 3. The van der Waals surface area contributed by atoms with Gasteiger partial charge in [0.2, 0.25) is 0 Å². The van der Waals surface area contributed by atoms with Gasteiger partial charge >= 0.3 is 0 Å². The summed E-state index contributed by atoms with van der Waals surface area (Å²) in [5, 5.41) is 1.02. The summed E-state index contributed by atoms with van der Waals surface area (Å²) in [7, 11) is 1.63. The predicted molar refractivity (Wildman–Crippen MR) is 86.4 cm³/mol. The normalized spacial score (nSPS) is 10.5. The van der Waals surface area contributed by atoms with E-state index in [2.05, 4.69) is 15.9 Å². The lowest BCUT2D eigenvalue weighted by atomic mass is 10.1. The van der Waals surface area contributed by atoms with Crippen LogP contribution in [0.15, 0.2) is 40.9 Å². The summed E-state index contributed by atoms with van der Waals surface area (Å²) in [5.41, 5.74) is 1.05. The second-order valence-corrected chi connectivity index (χ2v) is 6.22. The molecular formula is C15H11BrCl2FNO. The van der Waals surface area contributed by atoms with Gasteiger partial charge in [-0.15, -0.1) is 0 Å². The van der Waals surface area contributed by atoms with Crippen LogP contribution in [0.25, 0.3) is 0 Å². The number of hydrogen-bond acceptors (Lipinski definition) is 1. The molecule has 0 atom stereocenters. The van der Waals surface area contributed by atoms with Crippen molar-refractivity contribution in [3.05, 3.63) is 67.9 Å². The molecule has 0 bridgehead atoms. The van der Waals surface area contributed by atoms with Gasteiger partial charge in [-0.3, -0.25) is 4.79 Å². The van der Waals surface area contributed by atoms with Gasteiger partial charge in [-0.25, -0.2) is 4.39 Å². The van der Waals surface area contributed by atoms with Crippen LogP contribution in [-0.2, 0) is 6.54 Å². The van der Waals surface area contributed by atoms with Crippen LogP contribution in [0.2, 0.25) is 10.0 Å². The van der Waals surface area contributed by atoms with Gasteiger partial charge in [0.25, 0.3) is 5.91 Å². The molecule has 0 aliphatic carbocycles. The summed E-state index contributed by atoms with van der Waals surface area (Å²) in [6.07, 6.45) is 0. The third-order valence-corrected chi connectivity index (χ3v) is 4.17. The van der Waals surface area contributed by atoms with Crippen molar-refractivity contribution >= 4 is 45.0 Å². The maximum atomic E-state index is 13.5. The first-order valence-electron chi connectivity index (χ1n) is 6.03. The standard InChI is InChI=1S/C15H11BrCl2FNO/c1-20(8-10-2-4-11(17)7-13(10)18)15(21)9-3-5-12(16)14(19)6-9/h2-7H,8H2,1H3. The fourth-order valence-electron chi connectivity index (χ4n) is 1.83. The fourth-order valence-corrected chi connectivity index (χ4v) is 2.54. The van der Waals surface area contributed by atoms with Crippen molar-refractivity contribution in [3.63, 3.8) is 0 Å². The second-order valence-electron chi connectivity index (χ2n) is 4.53. The lowest BCUT2D eigenvalue weighted by Crippen LogP contribution is -2.26. The average Bonchev–Trinajstić information content (AvgIpc) is 2.44. The third-order valence-electron chi connectivity index (χ3n) is 2.94. The van der Waals surface area contributed by atoms with Crippen molar-refractivity contribution in [1.29, 1.82) is 0 Å². The summed E-state index contributed by atoms with van der Waals surface area (Å²) >= 11 is 15.0. The number of benzene rings is 2. The number of carbonyl (C=O) groups is 1. The zero-order valence-corrected chi connectivity index (χ0v) is 14.1. The molecule has 2 aromatic rings. The molecule has 110 valence electrons. The minimum atomic E-state index is -0.473.